The van der Waals surface area contributed by atoms with Crippen molar-refractivity contribution in [3.8, 4) is 11.3 Å². The lowest BCUT2D eigenvalue weighted by Gasteiger charge is -2.17. The van der Waals surface area contributed by atoms with Gasteiger partial charge in [-0.15, -0.1) is 0 Å². The van der Waals surface area contributed by atoms with Crippen LogP contribution in [-0.4, -0.2) is 15.9 Å². The third kappa shape index (κ3) is 11.0. The maximum atomic E-state index is 12.5. The van der Waals surface area contributed by atoms with Crippen LogP contribution in [0.25, 0.3) is 11.3 Å². The first kappa shape index (κ1) is 28.7. The molecule has 2 N–H and O–H groups in total. The van der Waals surface area contributed by atoms with Crippen LogP contribution in [0.1, 0.15) is 115 Å². The number of hydrogen-bond acceptors (Lipinski definition) is 2. The van der Waals surface area contributed by atoms with E-state index in [-0.39, 0.29) is 5.91 Å². The number of unbranched alkanes of at least 4 members (excludes halogenated alkanes) is 10. The Morgan fingerprint density at radius 2 is 1.41 bits per heavy atom. The zero-order valence-electron chi connectivity index (χ0n) is 22.9. The molecule has 200 valence electrons. The fraction of sp³-hybridized carbons (Fsp3) is 0.515. The number of H-pyrrole nitrogens is 1. The number of aromatic nitrogens is 2. The quantitative estimate of drug-likeness (QED) is 0.161. The number of rotatable bonds is 19. The van der Waals surface area contributed by atoms with Gasteiger partial charge in [0.1, 0.15) is 0 Å². The summed E-state index contributed by atoms with van der Waals surface area (Å²) in [6, 6.07) is 19.0. The van der Waals surface area contributed by atoms with E-state index in [1.165, 1.54) is 82.6 Å². The maximum Gasteiger partial charge on any atom is 0.224 e. The van der Waals surface area contributed by atoms with Crippen LogP contribution >= 0.6 is 0 Å². The standard InChI is InChI=1S/C33H47N3O/c1-2-3-4-12-19-28(29-21-14-11-15-22-29)20-13-9-7-5-6-8-10-16-25-33(37)36-31-24-18-17-23-30(31)32-26-34-27-35-32/h11,14-15,17-18,21-24,26-28H,2-10,12-13,16,19-20,25H2,1H3,(H,34,35)(H,36,37). The molecule has 0 fully saturated rings. The Morgan fingerprint density at radius 1 is 0.784 bits per heavy atom. The molecular weight excluding hydrogens is 454 g/mol. The van der Waals surface area contributed by atoms with E-state index < -0.39 is 0 Å². The molecule has 0 aliphatic heterocycles. The smallest absolute Gasteiger partial charge is 0.224 e. The monoisotopic (exact) mass is 501 g/mol. The molecule has 0 bridgehead atoms. The van der Waals surface area contributed by atoms with E-state index in [1.54, 1.807) is 12.5 Å². The van der Waals surface area contributed by atoms with E-state index in [1.807, 2.05) is 24.3 Å². The first-order chi connectivity index (χ1) is 18.3. The molecule has 37 heavy (non-hydrogen) atoms. The zero-order chi connectivity index (χ0) is 26.0. The Labute approximate surface area is 224 Å². The van der Waals surface area contributed by atoms with Gasteiger partial charge in [-0.25, -0.2) is 4.98 Å². The second-order valence-corrected chi connectivity index (χ2v) is 10.4. The highest BCUT2D eigenvalue weighted by Crippen LogP contribution is 2.29. The molecule has 0 spiro atoms. The van der Waals surface area contributed by atoms with Gasteiger partial charge in [-0.2, -0.15) is 0 Å². The summed E-state index contributed by atoms with van der Waals surface area (Å²) in [5, 5.41) is 3.08. The van der Waals surface area contributed by atoms with Crippen LogP contribution in [-0.2, 0) is 4.79 Å². The number of aromatic amines is 1. The molecular formula is C33H47N3O. The SMILES string of the molecule is CCCCCCC(CCCCCCCCCCC(=O)Nc1ccccc1-c1cnc[nH]1)c1ccccc1. The Hall–Kier alpha value is -2.88. The van der Waals surface area contributed by atoms with Gasteiger partial charge in [-0.05, 0) is 36.8 Å². The van der Waals surface area contributed by atoms with Crippen molar-refractivity contribution in [2.24, 2.45) is 0 Å². The second kappa shape index (κ2) is 17.6. The van der Waals surface area contributed by atoms with Crippen molar-refractivity contribution in [3.63, 3.8) is 0 Å². The average molecular weight is 502 g/mol. The van der Waals surface area contributed by atoms with E-state index >= 15 is 0 Å². The molecule has 4 nitrogen and oxygen atoms in total. The Morgan fingerprint density at radius 3 is 2.08 bits per heavy atom. The summed E-state index contributed by atoms with van der Waals surface area (Å²) in [7, 11) is 0. The predicted octanol–water partition coefficient (Wildman–Crippen LogP) is 9.67. The van der Waals surface area contributed by atoms with E-state index in [4.69, 9.17) is 0 Å². The zero-order valence-corrected chi connectivity index (χ0v) is 22.9. The number of amides is 1. The number of anilines is 1. The highest BCUT2D eigenvalue weighted by atomic mass is 16.1. The molecule has 0 saturated heterocycles. The third-order valence-electron chi connectivity index (χ3n) is 7.37. The highest BCUT2D eigenvalue weighted by molar-refractivity contribution is 5.94. The van der Waals surface area contributed by atoms with E-state index in [2.05, 4.69) is 52.5 Å². The van der Waals surface area contributed by atoms with Crippen LogP contribution in [0.5, 0.6) is 0 Å². The summed E-state index contributed by atoms with van der Waals surface area (Å²) < 4.78 is 0. The maximum absolute atomic E-state index is 12.5. The molecule has 1 unspecified atom stereocenters. The molecule has 3 aromatic rings. The first-order valence-corrected chi connectivity index (χ1v) is 14.7. The van der Waals surface area contributed by atoms with Gasteiger partial charge in [0.05, 0.1) is 23.9 Å². The van der Waals surface area contributed by atoms with Crippen LogP contribution in [0.3, 0.4) is 0 Å². The number of imidazole rings is 1. The molecule has 1 atom stereocenters. The van der Waals surface area contributed by atoms with Gasteiger partial charge in [-0.1, -0.05) is 126 Å². The Balaban J connectivity index is 1.23. The molecule has 1 heterocycles. The van der Waals surface area contributed by atoms with Crippen molar-refractivity contribution in [1.82, 2.24) is 9.97 Å². The molecule has 0 aliphatic rings. The van der Waals surface area contributed by atoms with Crippen LogP contribution < -0.4 is 5.32 Å². The van der Waals surface area contributed by atoms with Gasteiger partial charge in [0, 0.05) is 12.0 Å². The summed E-state index contributed by atoms with van der Waals surface area (Å²) in [5.74, 6) is 0.824. The third-order valence-corrected chi connectivity index (χ3v) is 7.37. The first-order valence-electron chi connectivity index (χ1n) is 14.7. The van der Waals surface area contributed by atoms with Crippen LogP contribution in [0, 0.1) is 0 Å². The van der Waals surface area contributed by atoms with Gasteiger partial charge < -0.3 is 10.3 Å². The number of nitrogens with zero attached hydrogens (tertiary/aromatic N) is 1. The highest BCUT2D eigenvalue weighted by Gasteiger charge is 2.11. The minimum atomic E-state index is 0.0922. The van der Waals surface area contributed by atoms with Crippen molar-refractivity contribution in [2.75, 3.05) is 5.32 Å². The Kier molecular flexibility index (Phi) is 13.6. The fourth-order valence-corrected chi connectivity index (χ4v) is 5.20. The van der Waals surface area contributed by atoms with Gasteiger partial charge in [0.25, 0.3) is 0 Å². The lowest BCUT2D eigenvalue weighted by atomic mass is 9.88. The van der Waals surface area contributed by atoms with Crippen LogP contribution in [0.4, 0.5) is 5.69 Å². The summed E-state index contributed by atoms with van der Waals surface area (Å²) >= 11 is 0. The van der Waals surface area contributed by atoms with Crippen molar-refractivity contribution < 1.29 is 4.79 Å². The fourth-order valence-electron chi connectivity index (χ4n) is 5.20. The summed E-state index contributed by atoms with van der Waals surface area (Å²) in [4.78, 5) is 19.7. The topological polar surface area (TPSA) is 57.8 Å². The lowest BCUT2D eigenvalue weighted by molar-refractivity contribution is -0.116. The number of benzene rings is 2. The second-order valence-electron chi connectivity index (χ2n) is 10.4. The molecule has 0 aliphatic carbocycles. The van der Waals surface area contributed by atoms with Gasteiger partial charge in [0.2, 0.25) is 5.91 Å². The van der Waals surface area contributed by atoms with Gasteiger partial charge >= 0.3 is 0 Å². The summed E-state index contributed by atoms with van der Waals surface area (Å²) in [5.41, 5.74) is 4.26. The molecule has 3 rings (SSSR count). The number of carbonyl (C=O) groups excluding carboxylic acids is 1. The number of para-hydroxylation sites is 1. The van der Waals surface area contributed by atoms with Gasteiger partial charge in [-0.3, -0.25) is 4.79 Å². The number of carbonyl (C=O) groups is 1. The number of hydrogen-bond donors (Lipinski definition) is 2. The predicted molar refractivity (Wildman–Crippen MR) is 157 cm³/mol. The van der Waals surface area contributed by atoms with Crippen molar-refractivity contribution in [1.29, 1.82) is 0 Å². The molecule has 4 heteroatoms. The minimum Gasteiger partial charge on any atom is -0.345 e. The largest absolute Gasteiger partial charge is 0.345 e. The van der Waals surface area contributed by atoms with E-state index in [0.717, 1.165) is 35.7 Å². The summed E-state index contributed by atoms with van der Waals surface area (Å²) in [6.45, 7) is 2.29. The van der Waals surface area contributed by atoms with E-state index in [9.17, 15) is 4.79 Å². The molecule has 2 aromatic carbocycles. The normalized spacial score (nSPS) is 11.9. The van der Waals surface area contributed by atoms with Crippen LogP contribution in [0.2, 0.25) is 0 Å². The van der Waals surface area contributed by atoms with Crippen LogP contribution in [0.15, 0.2) is 67.1 Å². The van der Waals surface area contributed by atoms with Crippen molar-refractivity contribution >= 4 is 11.6 Å². The number of nitrogens with one attached hydrogen (secondary N) is 2. The van der Waals surface area contributed by atoms with Crippen molar-refractivity contribution in [3.05, 3.63) is 72.7 Å². The molecule has 0 saturated carbocycles. The average Bonchev–Trinajstić information content (AvgIpc) is 3.46. The minimum absolute atomic E-state index is 0.0922. The molecule has 1 aromatic heterocycles. The molecule has 0 radical (unpaired) electrons. The summed E-state index contributed by atoms with van der Waals surface area (Å²) in [6.07, 6.45) is 22.0. The van der Waals surface area contributed by atoms with Crippen molar-refractivity contribution in [2.45, 2.75) is 109 Å². The van der Waals surface area contributed by atoms with Gasteiger partial charge in [0.15, 0.2) is 0 Å². The van der Waals surface area contributed by atoms with E-state index in [0.29, 0.717) is 6.42 Å². The lowest BCUT2D eigenvalue weighted by Crippen LogP contribution is -2.11. The molecule has 1 amide bonds. The Bertz CT molecular complexity index is 984.